The first-order chi connectivity index (χ1) is 8.74. The molecule has 18 heavy (non-hydrogen) atoms. The fourth-order valence-corrected chi connectivity index (χ4v) is 2.19. The Labute approximate surface area is 108 Å². The average molecular weight is 247 g/mol. The van der Waals surface area contributed by atoms with Gasteiger partial charge in [-0.15, -0.1) is 0 Å². The zero-order valence-corrected chi connectivity index (χ0v) is 10.8. The minimum Gasteiger partial charge on any atom is -0.338 e. The summed E-state index contributed by atoms with van der Waals surface area (Å²) in [5.74, 6) is 0.578. The molecule has 1 unspecified atom stereocenters. The molecule has 3 N–H and O–H groups in total. The van der Waals surface area contributed by atoms with Crippen molar-refractivity contribution in [3.8, 4) is 0 Å². The highest BCUT2D eigenvalue weighted by Gasteiger charge is 2.14. The van der Waals surface area contributed by atoms with E-state index in [1.165, 1.54) is 5.56 Å². The lowest BCUT2D eigenvalue weighted by molar-refractivity contribution is 0.239. The van der Waals surface area contributed by atoms with Gasteiger partial charge in [0.1, 0.15) is 0 Å². The molecule has 1 fully saturated rings. The zero-order chi connectivity index (χ0) is 12.8. The van der Waals surface area contributed by atoms with Gasteiger partial charge >= 0.3 is 6.03 Å². The van der Waals surface area contributed by atoms with Crippen LogP contribution >= 0.6 is 0 Å². The van der Waals surface area contributed by atoms with Crippen molar-refractivity contribution in [1.82, 2.24) is 16.0 Å². The largest absolute Gasteiger partial charge is 0.338 e. The molecule has 0 aliphatic carbocycles. The van der Waals surface area contributed by atoms with Gasteiger partial charge < -0.3 is 16.0 Å². The molecule has 1 aliphatic heterocycles. The van der Waals surface area contributed by atoms with Crippen LogP contribution in [0.25, 0.3) is 0 Å². The molecule has 1 aromatic carbocycles. The van der Waals surface area contributed by atoms with Crippen LogP contribution in [0.15, 0.2) is 24.3 Å². The van der Waals surface area contributed by atoms with Crippen LogP contribution in [0.4, 0.5) is 4.79 Å². The van der Waals surface area contributed by atoms with E-state index in [-0.39, 0.29) is 6.03 Å². The minimum absolute atomic E-state index is 0.0802. The van der Waals surface area contributed by atoms with Crippen molar-refractivity contribution in [2.75, 3.05) is 19.6 Å². The molecular formula is C14H21N3O. The second kappa shape index (κ2) is 6.40. The summed E-state index contributed by atoms with van der Waals surface area (Å²) in [7, 11) is 0. The second-order valence-corrected chi connectivity index (χ2v) is 4.91. The number of carbonyl (C=O) groups is 1. The molecule has 2 amide bonds. The first-order valence-corrected chi connectivity index (χ1v) is 6.52. The van der Waals surface area contributed by atoms with Crippen LogP contribution < -0.4 is 16.0 Å². The third-order valence-electron chi connectivity index (χ3n) is 3.25. The number of rotatable bonds is 4. The number of benzene rings is 1. The maximum Gasteiger partial charge on any atom is 0.315 e. The lowest BCUT2D eigenvalue weighted by Gasteiger charge is -2.11. The molecule has 0 bridgehead atoms. The van der Waals surface area contributed by atoms with Crippen LogP contribution in [0.1, 0.15) is 17.5 Å². The maximum absolute atomic E-state index is 11.6. The van der Waals surface area contributed by atoms with Crippen molar-refractivity contribution in [1.29, 1.82) is 0 Å². The summed E-state index contributed by atoms with van der Waals surface area (Å²) in [5.41, 5.74) is 2.35. The number of hydrogen-bond acceptors (Lipinski definition) is 2. The molecule has 0 saturated carbocycles. The number of carbonyl (C=O) groups excluding carboxylic acids is 1. The van der Waals surface area contributed by atoms with E-state index in [9.17, 15) is 4.79 Å². The summed E-state index contributed by atoms with van der Waals surface area (Å²) in [6.45, 7) is 5.47. The van der Waals surface area contributed by atoms with Gasteiger partial charge in [-0.2, -0.15) is 0 Å². The van der Waals surface area contributed by atoms with Gasteiger partial charge in [0.25, 0.3) is 0 Å². The van der Waals surface area contributed by atoms with Gasteiger partial charge in [0.15, 0.2) is 0 Å². The Kier molecular flexibility index (Phi) is 4.59. The molecule has 2 rings (SSSR count). The maximum atomic E-state index is 11.6. The van der Waals surface area contributed by atoms with E-state index in [4.69, 9.17) is 0 Å². The Bertz CT molecular complexity index is 400. The van der Waals surface area contributed by atoms with E-state index in [1.807, 2.05) is 12.1 Å². The van der Waals surface area contributed by atoms with E-state index in [2.05, 4.69) is 35.0 Å². The van der Waals surface area contributed by atoms with Crippen LogP contribution in [0.2, 0.25) is 0 Å². The first-order valence-electron chi connectivity index (χ1n) is 6.52. The SMILES string of the molecule is Cc1cccc(CNC(=O)NCC2CCNC2)c1. The van der Waals surface area contributed by atoms with Crippen molar-refractivity contribution >= 4 is 6.03 Å². The van der Waals surface area contributed by atoms with Crippen molar-refractivity contribution in [3.63, 3.8) is 0 Å². The molecule has 98 valence electrons. The topological polar surface area (TPSA) is 53.2 Å². The number of amides is 2. The summed E-state index contributed by atoms with van der Waals surface area (Å²) in [5, 5.41) is 9.09. The van der Waals surface area contributed by atoms with Crippen LogP contribution in [0.3, 0.4) is 0 Å². The molecule has 1 atom stereocenters. The molecule has 1 aliphatic rings. The highest BCUT2D eigenvalue weighted by Crippen LogP contribution is 2.05. The van der Waals surface area contributed by atoms with Gasteiger partial charge in [-0.1, -0.05) is 29.8 Å². The molecule has 4 heteroatoms. The highest BCUT2D eigenvalue weighted by atomic mass is 16.2. The van der Waals surface area contributed by atoms with Crippen LogP contribution in [-0.4, -0.2) is 25.7 Å². The van der Waals surface area contributed by atoms with Crippen molar-refractivity contribution < 1.29 is 4.79 Å². The quantitative estimate of drug-likeness (QED) is 0.753. The predicted octanol–water partition coefficient (Wildman–Crippen LogP) is 1.40. The van der Waals surface area contributed by atoms with Crippen molar-refractivity contribution in [3.05, 3.63) is 35.4 Å². The predicted molar refractivity (Wildman–Crippen MR) is 72.4 cm³/mol. The first kappa shape index (κ1) is 12.9. The summed E-state index contributed by atoms with van der Waals surface area (Å²) < 4.78 is 0. The van der Waals surface area contributed by atoms with Gasteiger partial charge in [-0.05, 0) is 37.9 Å². The van der Waals surface area contributed by atoms with Crippen molar-refractivity contribution in [2.24, 2.45) is 5.92 Å². The Morgan fingerprint density at radius 1 is 1.44 bits per heavy atom. The Hall–Kier alpha value is -1.55. The normalized spacial score (nSPS) is 18.6. The molecule has 0 aromatic heterocycles. The molecular weight excluding hydrogens is 226 g/mol. The third kappa shape index (κ3) is 4.04. The van der Waals surface area contributed by atoms with Crippen LogP contribution in [0, 0.1) is 12.8 Å². The van der Waals surface area contributed by atoms with Gasteiger partial charge in [0.05, 0.1) is 0 Å². The Morgan fingerprint density at radius 2 is 2.33 bits per heavy atom. The van der Waals surface area contributed by atoms with E-state index in [0.717, 1.165) is 31.6 Å². The van der Waals surface area contributed by atoms with Crippen LogP contribution in [-0.2, 0) is 6.54 Å². The number of hydrogen-bond donors (Lipinski definition) is 3. The van der Waals surface area contributed by atoms with E-state index < -0.39 is 0 Å². The van der Waals surface area contributed by atoms with Crippen molar-refractivity contribution in [2.45, 2.75) is 19.9 Å². The lowest BCUT2D eigenvalue weighted by Crippen LogP contribution is -2.38. The van der Waals surface area contributed by atoms with Gasteiger partial charge in [-0.3, -0.25) is 0 Å². The minimum atomic E-state index is -0.0802. The van der Waals surface area contributed by atoms with Crippen LogP contribution in [0.5, 0.6) is 0 Å². The standard InChI is InChI=1S/C14H21N3O/c1-11-3-2-4-12(7-11)9-16-14(18)17-10-13-5-6-15-8-13/h2-4,7,13,15H,5-6,8-10H2,1H3,(H2,16,17,18). The van der Waals surface area contributed by atoms with Gasteiger partial charge in [-0.25, -0.2) is 4.79 Å². The highest BCUT2D eigenvalue weighted by molar-refractivity contribution is 5.73. The summed E-state index contributed by atoms with van der Waals surface area (Å²) in [6, 6.07) is 8.09. The smallest absolute Gasteiger partial charge is 0.315 e. The van der Waals surface area contributed by atoms with E-state index in [1.54, 1.807) is 0 Å². The third-order valence-corrected chi connectivity index (χ3v) is 3.25. The van der Waals surface area contributed by atoms with E-state index >= 15 is 0 Å². The monoisotopic (exact) mass is 247 g/mol. The average Bonchev–Trinajstić information content (AvgIpc) is 2.87. The van der Waals surface area contributed by atoms with Gasteiger partial charge in [0.2, 0.25) is 0 Å². The van der Waals surface area contributed by atoms with Gasteiger partial charge in [0, 0.05) is 13.1 Å². The lowest BCUT2D eigenvalue weighted by atomic mass is 10.1. The summed E-state index contributed by atoms with van der Waals surface area (Å²) in [6.07, 6.45) is 1.15. The number of urea groups is 1. The molecule has 0 radical (unpaired) electrons. The summed E-state index contributed by atoms with van der Waals surface area (Å²) >= 11 is 0. The number of aryl methyl sites for hydroxylation is 1. The molecule has 0 spiro atoms. The fourth-order valence-electron chi connectivity index (χ4n) is 2.19. The Morgan fingerprint density at radius 3 is 3.06 bits per heavy atom. The molecule has 1 saturated heterocycles. The molecule has 1 aromatic rings. The molecule has 4 nitrogen and oxygen atoms in total. The second-order valence-electron chi connectivity index (χ2n) is 4.91. The van der Waals surface area contributed by atoms with E-state index in [0.29, 0.717) is 12.5 Å². The fraction of sp³-hybridized carbons (Fsp3) is 0.500. The molecule has 1 heterocycles. The summed E-state index contributed by atoms with van der Waals surface area (Å²) in [4.78, 5) is 11.6. The zero-order valence-electron chi connectivity index (χ0n) is 10.8. The number of nitrogens with one attached hydrogen (secondary N) is 3. The Balaban J connectivity index is 1.68.